The number of benzene rings is 4. The van der Waals surface area contributed by atoms with Crippen LogP contribution in [0.1, 0.15) is 17.5 Å². The topological polar surface area (TPSA) is 117 Å². The summed E-state index contributed by atoms with van der Waals surface area (Å²) in [7, 11) is 4.78. The first-order chi connectivity index (χ1) is 23.3. The van der Waals surface area contributed by atoms with Gasteiger partial charge in [0.05, 0.1) is 19.9 Å². The summed E-state index contributed by atoms with van der Waals surface area (Å²) in [6.45, 7) is 0. The summed E-state index contributed by atoms with van der Waals surface area (Å²) < 4.78 is 10.5. The molecule has 4 aromatic rings. The lowest BCUT2D eigenvalue weighted by atomic mass is 9.96. The zero-order valence-corrected chi connectivity index (χ0v) is 27.1. The summed E-state index contributed by atoms with van der Waals surface area (Å²) in [5.74, 6) is -0.531. The van der Waals surface area contributed by atoms with Crippen molar-refractivity contribution in [3.63, 3.8) is 0 Å². The zero-order valence-electron chi connectivity index (χ0n) is 27.1. The third-order valence-corrected chi connectivity index (χ3v) is 8.18. The van der Waals surface area contributed by atoms with Crippen LogP contribution in [0.5, 0.6) is 11.5 Å². The average Bonchev–Trinajstić information content (AvgIpc) is 3.12. The van der Waals surface area contributed by atoms with Crippen molar-refractivity contribution in [3.05, 3.63) is 126 Å². The van der Waals surface area contributed by atoms with Crippen molar-refractivity contribution in [1.82, 2.24) is 10.6 Å². The minimum absolute atomic E-state index is 0.293. The van der Waals surface area contributed by atoms with Crippen molar-refractivity contribution in [1.29, 1.82) is 0 Å². The first kappa shape index (κ1) is 33.5. The van der Waals surface area contributed by atoms with Crippen molar-refractivity contribution in [2.24, 2.45) is 0 Å². The summed E-state index contributed by atoms with van der Waals surface area (Å²) in [5.41, 5.74) is 3.92. The van der Waals surface area contributed by atoms with Gasteiger partial charge in [-0.3, -0.25) is 24.1 Å². The lowest BCUT2D eigenvalue weighted by Crippen LogP contribution is -2.51. The highest BCUT2D eigenvalue weighted by molar-refractivity contribution is 6.08. The number of nitrogens with one attached hydrogen (secondary N) is 2. The summed E-state index contributed by atoms with van der Waals surface area (Å²) in [5, 5.41) is 5.52. The lowest BCUT2D eigenvalue weighted by Gasteiger charge is -2.34. The van der Waals surface area contributed by atoms with E-state index < -0.39 is 23.9 Å². The number of carbonyl (C=O) groups is 4. The summed E-state index contributed by atoms with van der Waals surface area (Å²) in [6, 6.07) is 29.6. The van der Waals surface area contributed by atoms with Gasteiger partial charge >= 0.3 is 0 Å². The molecule has 5 rings (SSSR count). The Morgan fingerprint density at radius 3 is 2.10 bits per heavy atom. The Morgan fingerprint density at radius 1 is 0.833 bits per heavy atom. The molecule has 2 atom stereocenters. The maximum absolute atomic E-state index is 13.7. The van der Waals surface area contributed by atoms with Gasteiger partial charge in [0.15, 0.2) is 0 Å². The molecule has 0 unspecified atom stereocenters. The molecule has 0 aromatic heterocycles. The van der Waals surface area contributed by atoms with Crippen molar-refractivity contribution >= 4 is 40.7 Å². The van der Waals surface area contributed by atoms with E-state index in [0.717, 1.165) is 29.0 Å². The van der Waals surface area contributed by atoms with Crippen LogP contribution < -0.4 is 29.9 Å². The van der Waals surface area contributed by atoms with Gasteiger partial charge in [0, 0.05) is 37.0 Å². The Morgan fingerprint density at radius 2 is 1.44 bits per heavy atom. The number of ether oxygens (including phenoxy) is 2. The molecule has 0 radical (unpaired) electrons. The van der Waals surface area contributed by atoms with Gasteiger partial charge in [0.2, 0.25) is 17.7 Å². The molecule has 0 spiro atoms. The second-order valence-corrected chi connectivity index (χ2v) is 11.3. The van der Waals surface area contributed by atoms with Crippen LogP contribution in [0, 0.1) is 0 Å². The highest BCUT2D eigenvalue weighted by atomic mass is 16.5. The third kappa shape index (κ3) is 8.08. The Labute approximate surface area is 280 Å². The number of amides is 4. The van der Waals surface area contributed by atoms with Crippen molar-refractivity contribution in [2.45, 2.75) is 31.3 Å². The van der Waals surface area contributed by atoms with Crippen LogP contribution >= 0.6 is 0 Å². The largest absolute Gasteiger partial charge is 0.497 e. The number of methoxy groups -OCH3 is 2. The number of likely N-dealkylation sites (N-methyl/N-ethyl adjacent to an activating group) is 1. The van der Waals surface area contributed by atoms with Gasteiger partial charge in [-0.2, -0.15) is 0 Å². The van der Waals surface area contributed by atoms with Gasteiger partial charge in [-0.1, -0.05) is 48.5 Å². The normalized spacial score (nSPS) is 14.5. The van der Waals surface area contributed by atoms with E-state index in [2.05, 4.69) is 10.6 Å². The minimum atomic E-state index is -0.869. The number of aryl methyl sites for hydroxylation is 1. The van der Waals surface area contributed by atoms with Crippen LogP contribution in [0.25, 0.3) is 0 Å². The van der Waals surface area contributed by atoms with E-state index >= 15 is 0 Å². The van der Waals surface area contributed by atoms with Gasteiger partial charge in [0.25, 0.3) is 5.91 Å². The second kappa shape index (κ2) is 15.6. The lowest BCUT2D eigenvalue weighted by molar-refractivity contribution is -0.125. The standard InChI is InChI=1S/C38H38N4O6/c1-41(28-14-18-30(47-2)19-15-28)37(45)32(22-13-26-9-5-4-6-10-26)39-35(43)23-24-36(44)40-33-25-27-11-7-8-12-34(27)42(38(33)46)29-16-20-31(48-3)21-17-29/h4-12,14-21,23-24,32-33H,13,22,25H2,1-3H3,(H,39,43)(H,40,44)/b24-23-/t32-,33-/m0/s1. The van der Waals surface area contributed by atoms with Gasteiger partial charge in [0.1, 0.15) is 23.6 Å². The van der Waals surface area contributed by atoms with Crippen LogP contribution in [-0.4, -0.2) is 57.0 Å². The van der Waals surface area contributed by atoms with E-state index in [-0.39, 0.29) is 11.8 Å². The van der Waals surface area contributed by atoms with E-state index in [0.29, 0.717) is 42.1 Å². The maximum atomic E-state index is 13.7. The van der Waals surface area contributed by atoms with E-state index in [1.807, 2.05) is 54.6 Å². The Kier molecular flexibility index (Phi) is 10.9. The van der Waals surface area contributed by atoms with E-state index in [9.17, 15) is 19.2 Å². The van der Waals surface area contributed by atoms with E-state index in [1.165, 1.54) is 4.90 Å². The summed E-state index contributed by atoms with van der Waals surface area (Å²) in [4.78, 5) is 56.4. The number of hydrogen-bond donors (Lipinski definition) is 2. The highest BCUT2D eigenvalue weighted by Crippen LogP contribution is 2.35. The maximum Gasteiger partial charge on any atom is 0.254 e. The first-order valence-corrected chi connectivity index (χ1v) is 15.6. The Bertz CT molecular complexity index is 1770. The summed E-state index contributed by atoms with van der Waals surface area (Å²) in [6.07, 6.45) is 3.34. The molecule has 1 heterocycles. The fourth-order valence-electron chi connectivity index (χ4n) is 5.56. The van der Waals surface area contributed by atoms with Gasteiger partial charge in [-0.25, -0.2) is 0 Å². The van der Waals surface area contributed by atoms with Crippen LogP contribution in [0.4, 0.5) is 17.1 Å². The average molecular weight is 647 g/mol. The molecule has 1 aliphatic rings. The molecule has 2 N–H and O–H groups in total. The van der Waals surface area contributed by atoms with Crippen LogP contribution in [-0.2, 0) is 32.0 Å². The molecule has 0 fully saturated rings. The van der Waals surface area contributed by atoms with E-state index in [1.54, 1.807) is 74.7 Å². The van der Waals surface area contributed by atoms with Gasteiger partial charge in [-0.15, -0.1) is 0 Å². The number of fused-ring (bicyclic) bond motifs is 1. The van der Waals surface area contributed by atoms with Gasteiger partial charge in [-0.05, 0) is 78.6 Å². The number of anilines is 3. The molecule has 246 valence electrons. The van der Waals surface area contributed by atoms with Crippen LogP contribution in [0.2, 0.25) is 0 Å². The molecule has 4 aromatic carbocycles. The van der Waals surface area contributed by atoms with Crippen molar-refractivity contribution < 1.29 is 28.7 Å². The second-order valence-electron chi connectivity index (χ2n) is 11.3. The molecule has 0 aliphatic carbocycles. The number of carbonyl (C=O) groups excluding carboxylic acids is 4. The predicted octanol–water partition coefficient (Wildman–Crippen LogP) is 4.75. The molecule has 0 bridgehead atoms. The van der Waals surface area contributed by atoms with Crippen molar-refractivity contribution in [2.75, 3.05) is 31.1 Å². The molecule has 48 heavy (non-hydrogen) atoms. The Hall–Kier alpha value is -5.90. The molecule has 1 aliphatic heterocycles. The SMILES string of the molecule is COc1ccc(N(C)C(=O)[C@H](CCc2ccccc2)NC(=O)/C=C\C(=O)N[C@H]2Cc3ccccc3N(c3ccc(OC)cc3)C2=O)cc1. The van der Waals surface area contributed by atoms with E-state index in [4.69, 9.17) is 9.47 Å². The highest BCUT2D eigenvalue weighted by Gasteiger charge is 2.34. The first-order valence-electron chi connectivity index (χ1n) is 15.6. The quantitative estimate of drug-likeness (QED) is 0.215. The fraction of sp³-hybridized carbons (Fsp3) is 0.211. The summed E-state index contributed by atoms with van der Waals surface area (Å²) >= 11 is 0. The molecular weight excluding hydrogens is 608 g/mol. The molecule has 4 amide bonds. The minimum Gasteiger partial charge on any atom is -0.497 e. The molecule has 0 saturated carbocycles. The number of nitrogens with zero attached hydrogens (tertiary/aromatic N) is 2. The predicted molar refractivity (Wildman–Crippen MR) is 184 cm³/mol. The molecule has 0 saturated heterocycles. The molecular formula is C38H38N4O6. The van der Waals surface area contributed by atoms with Crippen molar-refractivity contribution in [3.8, 4) is 11.5 Å². The molecule has 10 heteroatoms. The third-order valence-electron chi connectivity index (χ3n) is 8.18. The molecule has 10 nitrogen and oxygen atoms in total. The number of hydrogen-bond acceptors (Lipinski definition) is 6. The van der Waals surface area contributed by atoms with Crippen LogP contribution in [0.3, 0.4) is 0 Å². The smallest absolute Gasteiger partial charge is 0.254 e. The fourth-order valence-corrected chi connectivity index (χ4v) is 5.56. The monoisotopic (exact) mass is 646 g/mol. The van der Waals surface area contributed by atoms with Gasteiger partial charge < -0.3 is 25.0 Å². The number of para-hydroxylation sites is 1. The van der Waals surface area contributed by atoms with Crippen LogP contribution in [0.15, 0.2) is 115 Å². The number of rotatable bonds is 12. The zero-order chi connectivity index (χ0) is 34.0. The Balaban J connectivity index is 1.27.